The van der Waals surface area contributed by atoms with Crippen LogP contribution in [0.5, 0.6) is 5.88 Å². The molecule has 2 saturated heterocycles. The highest BCUT2D eigenvalue weighted by Crippen LogP contribution is 2.37. The molecule has 4 rings (SSSR count). The fourth-order valence-corrected chi connectivity index (χ4v) is 3.23. The van der Waals surface area contributed by atoms with Crippen molar-refractivity contribution in [2.24, 2.45) is 5.92 Å². The van der Waals surface area contributed by atoms with Crippen molar-refractivity contribution in [3.8, 4) is 5.88 Å². The number of rotatable bonds is 3. The third kappa shape index (κ3) is 2.74. The quantitative estimate of drug-likeness (QED) is 0.635. The average Bonchev–Trinajstić information content (AvgIpc) is 2.48. The molecule has 1 aromatic rings. The Labute approximate surface area is 124 Å². The van der Waals surface area contributed by atoms with Crippen molar-refractivity contribution >= 4 is 6.41 Å². The van der Waals surface area contributed by atoms with Gasteiger partial charge in [-0.2, -0.15) is 13.2 Å². The molecule has 4 nitrogen and oxygen atoms in total. The molecule has 1 saturated carbocycles. The average molecular weight is 318 g/mol. The van der Waals surface area contributed by atoms with E-state index in [1.54, 1.807) is 4.90 Å². The molecule has 120 valence electrons. The molecule has 3 atom stereocenters. The molecule has 3 aliphatic rings. The lowest BCUT2D eigenvalue weighted by Gasteiger charge is -2.47. The van der Waals surface area contributed by atoms with Crippen molar-refractivity contribution in [1.29, 1.82) is 0 Å². The SMILES string of the molecule is O=CN1C[C@@H]2CC[C@H]1[C@H](Oc1ncc(C(F)(F)F)cc1F)C2. The highest BCUT2D eigenvalue weighted by molar-refractivity contribution is 5.48. The highest BCUT2D eigenvalue weighted by atomic mass is 19.4. The van der Waals surface area contributed by atoms with E-state index in [-0.39, 0.29) is 12.0 Å². The number of piperidine rings is 2. The van der Waals surface area contributed by atoms with E-state index < -0.39 is 29.5 Å². The number of ether oxygens (including phenoxy) is 1. The summed E-state index contributed by atoms with van der Waals surface area (Å²) in [5.41, 5.74) is -1.16. The number of hydrogen-bond acceptors (Lipinski definition) is 3. The fourth-order valence-electron chi connectivity index (χ4n) is 3.23. The molecular formula is C14H14F4N2O2. The number of pyridine rings is 1. The zero-order valence-corrected chi connectivity index (χ0v) is 11.5. The third-order valence-corrected chi connectivity index (χ3v) is 4.29. The second-order valence-corrected chi connectivity index (χ2v) is 5.71. The predicted molar refractivity (Wildman–Crippen MR) is 67.5 cm³/mol. The largest absolute Gasteiger partial charge is 0.470 e. The van der Waals surface area contributed by atoms with Crippen molar-refractivity contribution in [2.45, 2.75) is 37.6 Å². The summed E-state index contributed by atoms with van der Waals surface area (Å²) in [5.74, 6) is -1.32. The van der Waals surface area contributed by atoms with Gasteiger partial charge in [0.2, 0.25) is 6.41 Å². The van der Waals surface area contributed by atoms with Gasteiger partial charge in [-0.25, -0.2) is 9.37 Å². The van der Waals surface area contributed by atoms with E-state index in [1.807, 2.05) is 0 Å². The van der Waals surface area contributed by atoms with Gasteiger partial charge in [0.1, 0.15) is 6.10 Å². The molecule has 3 fully saturated rings. The van der Waals surface area contributed by atoms with Gasteiger partial charge in [-0.3, -0.25) is 4.79 Å². The van der Waals surface area contributed by atoms with Crippen LogP contribution in [0.1, 0.15) is 24.8 Å². The number of aromatic nitrogens is 1. The summed E-state index contributed by atoms with van der Waals surface area (Å²) in [5, 5.41) is 0. The van der Waals surface area contributed by atoms with Gasteiger partial charge in [0.25, 0.3) is 5.88 Å². The summed E-state index contributed by atoms with van der Waals surface area (Å²) in [4.78, 5) is 16.1. The molecule has 1 aliphatic carbocycles. The normalized spacial score (nSPS) is 27.8. The first kappa shape index (κ1) is 15.1. The van der Waals surface area contributed by atoms with Crippen LogP contribution in [0, 0.1) is 11.7 Å². The summed E-state index contributed by atoms with van der Waals surface area (Å²) in [6.45, 7) is 0.650. The van der Waals surface area contributed by atoms with E-state index >= 15 is 0 Å². The first-order valence-corrected chi connectivity index (χ1v) is 6.99. The van der Waals surface area contributed by atoms with E-state index in [0.29, 0.717) is 25.2 Å². The summed E-state index contributed by atoms with van der Waals surface area (Å²) >= 11 is 0. The van der Waals surface area contributed by atoms with Crippen molar-refractivity contribution in [1.82, 2.24) is 9.88 Å². The lowest BCUT2D eigenvalue weighted by atomic mass is 9.78. The number of fused-ring (bicyclic) bond motifs is 3. The number of hydrogen-bond donors (Lipinski definition) is 0. The molecule has 3 heterocycles. The summed E-state index contributed by atoms with van der Waals surface area (Å²) in [6.07, 6.45) is -1.42. The molecule has 0 radical (unpaired) electrons. The number of halogens is 4. The third-order valence-electron chi connectivity index (χ3n) is 4.29. The number of nitrogens with zero attached hydrogens (tertiary/aromatic N) is 2. The predicted octanol–water partition coefficient (Wildman–Crippen LogP) is 2.63. The fraction of sp³-hybridized carbons (Fsp3) is 0.571. The second-order valence-electron chi connectivity index (χ2n) is 5.71. The Morgan fingerprint density at radius 1 is 1.36 bits per heavy atom. The van der Waals surface area contributed by atoms with E-state index in [2.05, 4.69) is 4.98 Å². The van der Waals surface area contributed by atoms with Gasteiger partial charge in [-0.15, -0.1) is 0 Å². The minimum atomic E-state index is -4.65. The Hall–Kier alpha value is -1.86. The van der Waals surface area contributed by atoms with Crippen molar-refractivity contribution < 1.29 is 27.1 Å². The Kier molecular flexibility index (Phi) is 3.70. The van der Waals surface area contributed by atoms with Gasteiger partial charge < -0.3 is 9.64 Å². The van der Waals surface area contributed by atoms with Crippen LogP contribution >= 0.6 is 0 Å². The Balaban J connectivity index is 1.77. The lowest BCUT2D eigenvalue weighted by molar-refractivity contribution is -0.138. The highest BCUT2D eigenvalue weighted by Gasteiger charge is 2.42. The maximum Gasteiger partial charge on any atom is 0.417 e. The Morgan fingerprint density at radius 3 is 2.73 bits per heavy atom. The zero-order valence-electron chi connectivity index (χ0n) is 11.5. The van der Waals surface area contributed by atoms with Gasteiger partial charge in [0, 0.05) is 12.7 Å². The van der Waals surface area contributed by atoms with Crippen molar-refractivity contribution in [3.63, 3.8) is 0 Å². The zero-order chi connectivity index (χ0) is 15.9. The van der Waals surface area contributed by atoms with Crippen LogP contribution in [0.2, 0.25) is 0 Å². The van der Waals surface area contributed by atoms with Gasteiger partial charge in [0.05, 0.1) is 11.6 Å². The first-order chi connectivity index (χ1) is 10.4. The second kappa shape index (κ2) is 5.40. The maximum atomic E-state index is 13.8. The molecule has 1 aromatic heterocycles. The molecule has 0 aromatic carbocycles. The molecule has 0 spiro atoms. The Morgan fingerprint density at radius 2 is 2.14 bits per heavy atom. The van der Waals surface area contributed by atoms with Crippen LogP contribution in [0.25, 0.3) is 0 Å². The van der Waals surface area contributed by atoms with Crippen LogP contribution in [0.4, 0.5) is 17.6 Å². The number of carbonyl (C=O) groups is 1. The van der Waals surface area contributed by atoms with Crippen LogP contribution in [0.3, 0.4) is 0 Å². The lowest BCUT2D eigenvalue weighted by Crippen LogP contribution is -2.56. The van der Waals surface area contributed by atoms with E-state index in [1.165, 1.54) is 0 Å². The minimum Gasteiger partial charge on any atom is -0.470 e. The van der Waals surface area contributed by atoms with E-state index in [0.717, 1.165) is 19.3 Å². The van der Waals surface area contributed by atoms with Crippen LogP contribution in [-0.2, 0) is 11.0 Å². The van der Waals surface area contributed by atoms with Gasteiger partial charge >= 0.3 is 6.18 Å². The number of carbonyl (C=O) groups excluding carboxylic acids is 1. The van der Waals surface area contributed by atoms with Gasteiger partial charge in [-0.05, 0) is 31.2 Å². The van der Waals surface area contributed by atoms with Crippen LogP contribution in [-0.4, -0.2) is 35.0 Å². The molecule has 2 bridgehead atoms. The molecule has 8 heteroatoms. The van der Waals surface area contributed by atoms with Gasteiger partial charge in [0.15, 0.2) is 5.82 Å². The van der Waals surface area contributed by atoms with Gasteiger partial charge in [-0.1, -0.05) is 0 Å². The molecule has 0 N–H and O–H groups in total. The van der Waals surface area contributed by atoms with Crippen LogP contribution < -0.4 is 4.74 Å². The molecule has 1 amide bonds. The summed E-state index contributed by atoms with van der Waals surface area (Å²) in [6, 6.07) is 0.201. The number of amides is 1. The Bertz CT molecular complexity index is 578. The minimum absolute atomic E-state index is 0.175. The maximum absolute atomic E-state index is 13.8. The molecule has 0 unspecified atom stereocenters. The van der Waals surface area contributed by atoms with Crippen molar-refractivity contribution in [3.05, 3.63) is 23.6 Å². The van der Waals surface area contributed by atoms with Crippen LogP contribution in [0.15, 0.2) is 12.3 Å². The standard InChI is InChI=1S/C14H14F4N2O2/c15-10-4-9(14(16,17)18)5-19-13(10)22-12-3-8-1-2-11(12)20(6-8)7-21/h4-5,7-8,11-12H,1-3,6H2/t8-,11+,12-/m1/s1. The topological polar surface area (TPSA) is 42.4 Å². The molecular weight excluding hydrogens is 304 g/mol. The smallest absolute Gasteiger partial charge is 0.417 e. The van der Waals surface area contributed by atoms with Crippen molar-refractivity contribution in [2.75, 3.05) is 6.54 Å². The number of alkyl halides is 3. The molecule has 22 heavy (non-hydrogen) atoms. The monoisotopic (exact) mass is 318 g/mol. The van der Waals surface area contributed by atoms with E-state index in [9.17, 15) is 22.4 Å². The molecule has 2 aliphatic heterocycles. The first-order valence-electron chi connectivity index (χ1n) is 6.99. The summed E-state index contributed by atoms with van der Waals surface area (Å²) < 4.78 is 56.7. The van der Waals surface area contributed by atoms with E-state index in [4.69, 9.17) is 4.74 Å². The summed E-state index contributed by atoms with van der Waals surface area (Å²) in [7, 11) is 0.